The summed E-state index contributed by atoms with van der Waals surface area (Å²) >= 11 is 9.76. The molecule has 6 heteroatoms. The third kappa shape index (κ3) is 7.41. The van der Waals surface area contributed by atoms with Crippen LogP contribution in [0.5, 0.6) is 5.75 Å². The zero-order chi connectivity index (χ0) is 18.8. The number of hydrogen-bond acceptors (Lipinski definition) is 5. The maximum Gasteiger partial charge on any atom is 0.138 e. The summed E-state index contributed by atoms with van der Waals surface area (Å²) in [5.74, 6) is 1.75. The molecule has 2 aromatic carbocycles. The van der Waals surface area contributed by atoms with Gasteiger partial charge in [-0.05, 0) is 61.4 Å². The molecule has 1 atom stereocenters. The lowest BCUT2D eigenvalue weighted by molar-refractivity contribution is 0.146. The van der Waals surface area contributed by atoms with Gasteiger partial charge in [0.05, 0.1) is 11.6 Å². The molecule has 0 amide bonds. The quantitative estimate of drug-likeness (QED) is 0.403. The standard InChI is InChI=1S/C20H26ClNO2S2/c1-15-4-7-18(8-5-15)26-22-17(14-25-3)12-16-6-9-19(21)20(13-16)24-11-10-23-2/h4-9,13,17,22H,10-12,14H2,1-3H3. The van der Waals surface area contributed by atoms with E-state index in [1.54, 1.807) is 19.1 Å². The second-order valence-corrected chi connectivity index (χ2v) is 8.22. The molecule has 0 radical (unpaired) electrons. The minimum absolute atomic E-state index is 0.351. The molecule has 1 N–H and O–H groups in total. The first-order valence-corrected chi connectivity index (χ1v) is 11.1. The topological polar surface area (TPSA) is 30.5 Å². The van der Waals surface area contributed by atoms with Crippen LogP contribution in [0.2, 0.25) is 5.02 Å². The third-order valence-electron chi connectivity index (χ3n) is 3.76. The fraction of sp³-hybridized carbons (Fsp3) is 0.400. The zero-order valence-corrected chi connectivity index (χ0v) is 17.8. The van der Waals surface area contributed by atoms with Crippen LogP contribution in [0.25, 0.3) is 0 Å². The Morgan fingerprint density at radius 1 is 1.12 bits per heavy atom. The van der Waals surface area contributed by atoms with Crippen LogP contribution in [0.1, 0.15) is 11.1 Å². The first-order chi connectivity index (χ1) is 12.6. The summed E-state index contributed by atoms with van der Waals surface area (Å²) in [6.07, 6.45) is 3.05. The Hall–Kier alpha value is -0.850. The van der Waals surface area contributed by atoms with Gasteiger partial charge in [0.25, 0.3) is 0 Å². The lowest BCUT2D eigenvalue weighted by Gasteiger charge is -2.18. The van der Waals surface area contributed by atoms with Crippen molar-refractivity contribution in [1.82, 2.24) is 4.72 Å². The monoisotopic (exact) mass is 411 g/mol. The number of thioether (sulfide) groups is 1. The fourth-order valence-electron chi connectivity index (χ4n) is 2.40. The maximum atomic E-state index is 6.24. The van der Waals surface area contributed by atoms with E-state index in [4.69, 9.17) is 21.1 Å². The summed E-state index contributed by atoms with van der Waals surface area (Å²) in [5, 5.41) is 0.633. The van der Waals surface area contributed by atoms with Gasteiger partial charge in [-0.25, -0.2) is 0 Å². The number of methoxy groups -OCH3 is 1. The highest BCUT2D eigenvalue weighted by Crippen LogP contribution is 2.27. The molecule has 142 valence electrons. The van der Waals surface area contributed by atoms with Crippen LogP contribution < -0.4 is 9.46 Å². The fourth-order valence-corrected chi connectivity index (χ4v) is 4.02. The van der Waals surface area contributed by atoms with E-state index in [9.17, 15) is 0 Å². The number of nitrogens with one attached hydrogen (secondary N) is 1. The first-order valence-electron chi connectivity index (χ1n) is 8.50. The van der Waals surface area contributed by atoms with E-state index >= 15 is 0 Å². The molecular weight excluding hydrogens is 386 g/mol. The van der Waals surface area contributed by atoms with Crippen LogP contribution in [0.15, 0.2) is 47.4 Å². The molecule has 2 rings (SSSR count). The average Bonchev–Trinajstić information content (AvgIpc) is 2.64. The number of benzene rings is 2. The minimum atomic E-state index is 0.351. The lowest BCUT2D eigenvalue weighted by Crippen LogP contribution is -2.28. The van der Waals surface area contributed by atoms with Gasteiger partial charge in [0.1, 0.15) is 12.4 Å². The van der Waals surface area contributed by atoms with Crippen molar-refractivity contribution in [2.75, 3.05) is 32.3 Å². The van der Waals surface area contributed by atoms with Gasteiger partial charge in [-0.2, -0.15) is 11.8 Å². The van der Waals surface area contributed by atoms with Crippen LogP contribution in [-0.4, -0.2) is 38.4 Å². The Kier molecular flexibility index (Phi) is 9.72. The highest BCUT2D eigenvalue weighted by atomic mass is 35.5. The van der Waals surface area contributed by atoms with Crippen molar-refractivity contribution in [1.29, 1.82) is 0 Å². The molecule has 0 fully saturated rings. The van der Waals surface area contributed by atoms with Crippen molar-refractivity contribution in [3.05, 3.63) is 58.6 Å². The Labute approximate surface area is 170 Å². The molecule has 0 bridgehead atoms. The Balaban J connectivity index is 1.97. The number of rotatable bonds is 11. The highest BCUT2D eigenvalue weighted by molar-refractivity contribution is 7.99. The molecule has 0 spiro atoms. The van der Waals surface area contributed by atoms with E-state index < -0.39 is 0 Å². The zero-order valence-electron chi connectivity index (χ0n) is 15.5. The van der Waals surface area contributed by atoms with Gasteiger partial charge in [0.2, 0.25) is 0 Å². The Bertz CT molecular complexity index is 667. The van der Waals surface area contributed by atoms with E-state index in [0.29, 0.717) is 24.3 Å². The van der Waals surface area contributed by atoms with E-state index in [-0.39, 0.29) is 0 Å². The smallest absolute Gasteiger partial charge is 0.138 e. The number of halogens is 1. The Morgan fingerprint density at radius 3 is 2.58 bits per heavy atom. The van der Waals surface area contributed by atoms with Crippen molar-refractivity contribution >= 4 is 35.3 Å². The largest absolute Gasteiger partial charge is 0.490 e. The van der Waals surface area contributed by atoms with Gasteiger partial charge in [-0.3, -0.25) is 4.72 Å². The summed E-state index contributed by atoms with van der Waals surface area (Å²) in [6.45, 7) is 3.14. The van der Waals surface area contributed by atoms with Gasteiger partial charge in [-0.15, -0.1) is 0 Å². The van der Waals surface area contributed by atoms with Gasteiger partial charge < -0.3 is 9.47 Å². The van der Waals surface area contributed by atoms with Gasteiger partial charge in [0.15, 0.2) is 0 Å². The van der Waals surface area contributed by atoms with Crippen molar-refractivity contribution in [2.45, 2.75) is 24.3 Å². The van der Waals surface area contributed by atoms with E-state index in [1.807, 2.05) is 23.9 Å². The predicted molar refractivity (Wildman–Crippen MR) is 115 cm³/mol. The summed E-state index contributed by atoms with van der Waals surface area (Å²) in [5.41, 5.74) is 2.48. The second-order valence-electron chi connectivity index (χ2n) is 6.00. The Morgan fingerprint density at radius 2 is 1.88 bits per heavy atom. The summed E-state index contributed by atoms with van der Waals surface area (Å²) < 4.78 is 14.3. The SMILES string of the molecule is COCCOc1cc(CC(CSC)NSc2ccc(C)cc2)ccc1Cl. The molecule has 0 saturated carbocycles. The van der Waals surface area contributed by atoms with Crippen LogP contribution in [-0.2, 0) is 11.2 Å². The van der Waals surface area contributed by atoms with Crippen molar-refractivity contribution in [3.63, 3.8) is 0 Å². The molecule has 26 heavy (non-hydrogen) atoms. The van der Waals surface area contributed by atoms with E-state index in [2.05, 4.69) is 48.2 Å². The highest BCUT2D eigenvalue weighted by Gasteiger charge is 2.12. The van der Waals surface area contributed by atoms with Crippen molar-refractivity contribution < 1.29 is 9.47 Å². The average molecular weight is 412 g/mol. The normalized spacial score (nSPS) is 12.2. The van der Waals surface area contributed by atoms with Gasteiger partial charge >= 0.3 is 0 Å². The van der Waals surface area contributed by atoms with Crippen LogP contribution >= 0.6 is 35.3 Å². The molecule has 1 unspecified atom stereocenters. The molecule has 0 saturated heterocycles. The molecule has 2 aromatic rings. The predicted octanol–water partition coefficient (Wildman–Crippen LogP) is 5.24. The van der Waals surface area contributed by atoms with Crippen molar-refractivity contribution in [2.24, 2.45) is 0 Å². The second kappa shape index (κ2) is 11.8. The third-order valence-corrected chi connectivity index (χ3v) is 5.76. The molecule has 3 nitrogen and oxygen atoms in total. The summed E-state index contributed by atoms with van der Waals surface area (Å²) in [4.78, 5) is 1.22. The summed E-state index contributed by atoms with van der Waals surface area (Å²) in [6, 6.07) is 14.9. The van der Waals surface area contributed by atoms with Crippen LogP contribution in [0.3, 0.4) is 0 Å². The van der Waals surface area contributed by atoms with Crippen molar-refractivity contribution in [3.8, 4) is 5.75 Å². The van der Waals surface area contributed by atoms with E-state index in [1.165, 1.54) is 16.0 Å². The van der Waals surface area contributed by atoms with E-state index in [0.717, 1.165) is 17.9 Å². The number of aryl methyl sites for hydroxylation is 1. The molecule has 0 aliphatic carbocycles. The number of ether oxygens (including phenoxy) is 2. The lowest BCUT2D eigenvalue weighted by atomic mass is 10.1. The van der Waals surface area contributed by atoms with Crippen LogP contribution in [0, 0.1) is 6.92 Å². The summed E-state index contributed by atoms with van der Waals surface area (Å²) in [7, 11) is 1.66. The molecule has 0 heterocycles. The maximum absolute atomic E-state index is 6.24. The van der Waals surface area contributed by atoms with Gasteiger partial charge in [0, 0.05) is 23.8 Å². The molecule has 0 aliphatic rings. The van der Waals surface area contributed by atoms with Gasteiger partial charge in [-0.1, -0.05) is 35.4 Å². The molecular formula is C20H26ClNO2S2. The molecule has 0 aromatic heterocycles. The minimum Gasteiger partial charge on any atom is -0.490 e. The number of hydrogen-bond donors (Lipinski definition) is 1. The molecule has 0 aliphatic heterocycles. The first kappa shape index (κ1) is 21.5. The van der Waals surface area contributed by atoms with Crippen LogP contribution in [0.4, 0.5) is 0 Å².